The Balaban J connectivity index is 1.70. The minimum Gasteiger partial charge on any atom is -0.381 e. The zero-order valence-corrected chi connectivity index (χ0v) is 18.6. The fourth-order valence-electron chi connectivity index (χ4n) is 4.00. The van der Waals surface area contributed by atoms with Gasteiger partial charge in [0.05, 0.1) is 12.0 Å². The summed E-state index contributed by atoms with van der Waals surface area (Å²) in [5, 5.41) is 2.14. The summed E-state index contributed by atoms with van der Waals surface area (Å²) in [7, 11) is 2.05. The molecule has 154 valence electrons. The van der Waals surface area contributed by atoms with Crippen LogP contribution in [0.1, 0.15) is 34.3 Å². The van der Waals surface area contributed by atoms with Crippen molar-refractivity contribution in [2.75, 3.05) is 20.3 Å². The van der Waals surface area contributed by atoms with Crippen LogP contribution in [-0.2, 0) is 11.2 Å². The molecule has 4 rings (SSSR count). The molecule has 1 saturated heterocycles. The molecule has 0 radical (unpaired) electrons. The molecular weight excluding hydrogens is 440 g/mol. The highest BCUT2D eigenvalue weighted by atomic mass is 79.9. The molecule has 1 aliphatic rings. The first-order valence-corrected chi connectivity index (χ1v) is 11.0. The van der Waals surface area contributed by atoms with Crippen molar-refractivity contribution in [3.8, 4) is 0 Å². The Bertz CT molecular complexity index is 1060. The highest BCUT2D eigenvalue weighted by Gasteiger charge is 2.17. The van der Waals surface area contributed by atoms with E-state index in [1.807, 2.05) is 43.7 Å². The number of aldehydes is 1. The molecule has 3 aromatic carbocycles. The van der Waals surface area contributed by atoms with E-state index < -0.39 is 0 Å². The van der Waals surface area contributed by atoms with Crippen LogP contribution in [-0.4, -0.2) is 43.8 Å². The molecule has 0 aromatic heterocycles. The van der Waals surface area contributed by atoms with Crippen LogP contribution < -0.4 is 0 Å². The minimum absolute atomic E-state index is 0.421. The summed E-state index contributed by atoms with van der Waals surface area (Å²) in [5.41, 5.74) is 3.69. The number of carbonyl (C=O) groups is 1. The molecule has 5 heteroatoms. The van der Waals surface area contributed by atoms with E-state index in [4.69, 9.17) is 9.73 Å². The van der Waals surface area contributed by atoms with Crippen molar-refractivity contribution in [3.63, 3.8) is 0 Å². The molecule has 0 amide bonds. The molecule has 3 aromatic rings. The first-order valence-electron chi connectivity index (χ1n) is 10.2. The third kappa shape index (κ3) is 4.63. The van der Waals surface area contributed by atoms with Gasteiger partial charge in [0.1, 0.15) is 0 Å². The second kappa shape index (κ2) is 9.54. The molecule has 0 bridgehead atoms. The molecule has 1 heterocycles. The van der Waals surface area contributed by atoms with Gasteiger partial charge in [-0.25, -0.2) is 4.99 Å². The van der Waals surface area contributed by atoms with Gasteiger partial charge < -0.3 is 9.64 Å². The van der Waals surface area contributed by atoms with Crippen LogP contribution in [0.5, 0.6) is 0 Å². The Hall–Kier alpha value is -2.50. The molecule has 0 aliphatic carbocycles. The zero-order valence-electron chi connectivity index (χ0n) is 17.1. The Morgan fingerprint density at radius 1 is 1.10 bits per heavy atom. The number of ether oxygens (including phenoxy) is 1. The Labute approximate surface area is 185 Å². The molecule has 0 saturated carbocycles. The first-order chi connectivity index (χ1) is 14.7. The number of aliphatic imine (C=N–C) groups is 1. The van der Waals surface area contributed by atoms with Gasteiger partial charge in [0.2, 0.25) is 0 Å². The fraction of sp³-hybridized carbons (Fsp3) is 0.280. The molecule has 1 aliphatic heterocycles. The molecule has 4 nitrogen and oxygen atoms in total. The van der Waals surface area contributed by atoms with Crippen LogP contribution in [0.15, 0.2) is 64.1 Å². The van der Waals surface area contributed by atoms with E-state index in [-0.39, 0.29) is 0 Å². The van der Waals surface area contributed by atoms with Gasteiger partial charge in [-0.2, -0.15) is 0 Å². The summed E-state index contributed by atoms with van der Waals surface area (Å²) in [6, 6.07) is 18.9. The fourth-order valence-corrected chi connectivity index (χ4v) is 4.26. The van der Waals surface area contributed by atoms with E-state index in [9.17, 15) is 4.79 Å². The highest BCUT2D eigenvalue weighted by molar-refractivity contribution is 9.10. The smallest absolute Gasteiger partial charge is 0.152 e. The van der Waals surface area contributed by atoms with Gasteiger partial charge in [-0.3, -0.25) is 4.79 Å². The number of fused-ring (bicyclic) bond motifs is 1. The number of rotatable bonds is 6. The first kappa shape index (κ1) is 20.8. The molecule has 0 spiro atoms. The Morgan fingerprint density at radius 2 is 1.80 bits per heavy atom. The van der Waals surface area contributed by atoms with E-state index in [0.717, 1.165) is 65.3 Å². The van der Waals surface area contributed by atoms with Crippen LogP contribution >= 0.6 is 15.9 Å². The van der Waals surface area contributed by atoms with Crippen molar-refractivity contribution < 1.29 is 9.53 Å². The van der Waals surface area contributed by atoms with Crippen molar-refractivity contribution in [1.82, 2.24) is 4.90 Å². The number of hydrogen-bond donors (Lipinski definition) is 0. The summed E-state index contributed by atoms with van der Waals surface area (Å²) < 4.78 is 6.51. The maximum Gasteiger partial charge on any atom is 0.152 e. The van der Waals surface area contributed by atoms with Gasteiger partial charge in [0.25, 0.3) is 0 Å². The number of nitrogens with zero attached hydrogens (tertiary/aromatic N) is 2. The monoisotopic (exact) mass is 464 g/mol. The third-order valence-electron chi connectivity index (χ3n) is 5.70. The summed E-state index contributed by atoms with van der Waals surface area (Å²) in [6.07, 6.45) is 5.53. The predicted octanol–water partition coefficient (Wildman–Crippen LogP) is 5.78. The van der Waals surface area contributed by atoms with Gasteiger partial charge in [-0.1, -0.05) is 52.3 Å². The molecule has 1 fully saturated rings. The average molecular weight is 465 g/mol. The van der Waals surface area contributed by atoms with E-state index in [2.05, 4.69) is 45.1 Å². The molecule has 30 heavy (non-hydrogen) atoms. The van der Waals surface area contributed by atoms with Crippen LogP contribution in [0.4, 0.5) is 5.69 Å². The van der Waals surface area contributed by atoms with Gasteiger partial charge in [-0.15, -0.1) is 0 Å². The average Bonchev–Trinajstić information content (AvgIpc) is 2.80. The number of carbonyl (C=O) groups excluding carboxylic acids is 1. The predicted molar refractivity (Wildman–Crippen MR) is 126 cm³/mol. The van der Waals surface area contributed by atoms with Gasteiger partial charge in [0, 0.05) is 41.7 Å². The lowest BCUT2D eigenvalue weighted by atomic mass is 9.94. The maximum absolute atomic E-state index is 12.0. The van der Waals surface area contributed by atoms with Crippen LogP contribution in [0, 0.1) is 0 Å². The second-order valence-electron chi connectivity index (χ2n) is 7.69. The summed E-state index contributed by atoms with van der Waals surface area (Å²) in [6.45, 7) is 1.58. The lowest BCUT2D eigenvalue weighted by Crippen LogP contribution is -2.35. The lowest BCUT2D eigenvalue weighted by molar-refractivity contribution is 0.0616. The second-order valence-corrected chi connectivity index (χ2v) is 8.61. The SMILES string of the molecule is CN(C=Nc1c(C=O)cc(Cc2ccc(Br)cc2)c2ccccc12)C1CCOCC1. The summed E-state index contributed by atoms with van der Waals surface area (Å²) in [4.78, 5) is 18.9. The van der Waals surface area contributed by atoms with E-state index >= 15 is 0 Å². The van der Waals surface area contributed by atoms with E-state index in [0.29, 0.717) is 11.6 Å². The summed E-state index contributed by atoms with van der Waals surface area (Å²) in [5.74, 6) is 0. The van der Waals surface area contributed by atoms with Crippen molar-refractivity contribution in [3.05, 3.63) is 75.8 Å². The van der Waals surface area contributed by atoms with Gasteiger partial charge >= 0.3 is 0 Å². The van der Waals surface area contributed by atoms with Gasteiger partial charge in [0.15, 0.2) is 6.29 Å². The quantitative estimate of drug-likeness (QED) is 0.264. The van der Waals surface area contributed by atoms with Crippen LogP contribution in [0.2, 0.25) is 0 Å². The largest absolute Gasteiger partial charge is 0.381 e. The lowest BCUT2D eigenvalue weighted by Gasteiger charge is -2.29. The van der Waals surface area contributed by atoms with E-state index in [1.54, 1.807) is 0 Å². The standard InChI is InChI=1S/C25H25BrN2O2/c1-28(22-10-12-30-13-11-22)17-27-25-20(16-29)15-19(23-4-2-3-5-24(23)25)14-18-6-8-21(26)9-7-18/h2-9,15-17,22H,10-14H2,1H3. The Kier molecular flexibility index (Phi) is 6.60. The summed E-state index contributed by atoms with van der Waals surface area (Å²) >= 11 is 3.49. The molecule has 0 unspecified atom stereocenters. The molecular formula is C25H25BrN2O2. The molecule has 0 N–H and O–H groups in total. The van der Waals surface area contributed by atoms with Crippen molar-refractivity contribution in [2.45, 2.75) is 25.3 Å². The highest BCUT2D eigenvalue weighted by Crippen LogP contribution is 2.33. The normalized spacial score (nSPS) is 15.0. The number of benzene rings is 3. The molecule has 0 atom stereocenters. The van der Waals surface area contributed by atoms with Crippen molar-refractivity contribution in [2.24, 2.45) is 4.99 Å². The number of halogens is 1. The van der Waals surface area contributed by atoms with Crippen LogP contribution in [0.25, 0.3) is 10.8 Å². The van der Waals surface area contributed by atoms with E-state index in [1.165, 1.54) is 5.56 Å². The van der Waals surface area contributed by atoms with Crippen LogP contribution in [0.3, 0.4) is 0 Å². The van der Waals surface area contributed by atoms with Crippen molar-refractivity contribution in [1.29, 1.82) is 0 Å². The third-order valence-corrected chi connectivity index (χ3v) is 6.23. The topological polar surface area (TPSA) is 41.9 Å². The zero-order chi connectivity index (χ0) is 20.9. The number of hydrogen-bond acceptors (Lipinski definition) is 3. The Morgan fingerprint density at radius 3 is 2.50 bits per heavy atom. The maximum atomic E-state index is 12.0. The van der Waals surface area contributed by atoms with Crippen molar-refractivity contribution >= 4 is 45.0 Å². The van der Waals surface area contributed by atoms with Gasteiger partial charge in [-0.05, 0) is 54.0 Å². The minimum atomic E-state index is 0.421.